The molecule has 0 unspecified atom stereocenters. The van der Waals surface area contributed by atoms with Gasteiger partial charge in [-0.05, 0) is 24.6 Å². The molecular formula is C14H15N3O2S. The minimum absolute atomic E-state index is 0.00478. The molecule has 0 saturated carbocycles. The van der Waals surface area contributed by atoms with Gasteiger partial charge in [-0.3, -0.25) is 16.0 Å². The van der Waals surface area contributed by atoms with Crippen LogP contribution in [-0.2, 0) is 5.75 Å². The number of anilines is 1. The second-order valence-corrected chi connectivity index (χ2v) is 5.37. The Hall–Kier alpha value is -2.05. The van der Waals surface area contributed by atoms with Crippen LogP contribution in [0.3, 0.4) is 0 Å². The Balaban J connectivity index is 2.21. The molecule has 0 saturated heterocycles. The Morgan fingerprint density at radius 2 is 2.05 bits per heavy atom. The molecule has 0 aliphatic carbocycles. The lowest BCUT2D eigenvalue weighted by molar-refractivity contribution is -0.384. The molecule has 0 heterocycles. The zero-order chi connectivity index (χ0) is 14.5. The van der Waals surface area contributed by atoms with E-state index in [0.717, 1.165) is 10.5 Å². The smallest absolute Gasteiger partial charge is 0.293 e. The zero-order valence-corrected chi connectivity index (χ0v) is 11.8. The van der Waals surface area contributed by atoms with Crippen molar-refractivity contribution in [2.75, 3.05) is 5.43 Å². The summed E-state index contributed by atoms with van der Waals surface area (Å²) in [6, 6.07) is 13.1. The monoisotopic (exact) mass is 289 g/mol. The predicted molar refractivity (Wildman–Crippen MR) is 81.6 cm³/mol. The number of hydrogen-bond donors (Lipinski definition) is 2. The van der Waals surface area contributed by atoms with Gasteiger partial charge in [-0.2, -0.15) is 0 Å². The van der Waals surface area contributed by atoms with Gasteiger partial charge in [0.25, 0.3) is 5.69 Å². The number of benzene rings is 2. The molecule has 0 radical (unpaired) electrons. The van der Waals surface area contributed by atoms with E-state index < -0.39 is 4.92 Å². The van der Waals surface area contributed by atoms with Crippen LogP contribution in [0, 0.1) is 17.0 Å². The number of nitrogen functional groups attached to an aromatic ring is 1. The van der Waals surface area contributed by atoms with Gasteiger partial charge in [0, 0.05) is 16.7 Å². The lowest BCUT2D eigenvalue weighted by Gasteiger charge is -2.09. The number of nitro benzene ring substituents is 1. The van der Waals surface area contributed by atoms with Gasteiger partial charge in [0.1, 0.15) is 5.69 Å². The van der Waals surface area contributed by atoms with Crippen LogP contribution in [0.5, 0.6) is 0 Å². The van der Waals surface area contributed by atoms with E-state index in [1.165, 1.54) is 11.6 Å². The van der Waals surface area contributed by atoms with E-state index >= 15 is 0 Å². The van der Waals surface area contributed by atoms with Gasteiger partial charge in [-0.1, -0.05) is 29.8 Å². The van der Waals surface area contributed by atoms with Gasteiger partial charge in [0.15, 0.2) is 0 Å². The van der Waals surface area contributed by atoms with Crippen LogP contribution in [0.15, 0.2) is 47.4 Å². The number of aryl methyl sites for hydroxylation is 1. The standard InChI is InChI=1S/C14H15N3O2S/c1-10-4-2-6-12(8-10)20-9-11-5-3-7-13(17(18)19)14(11)16-15/h2-8,16H,9,15H2,1H3. The maximum Gasteiger partial charge on any atom is 0.293 e. The van der Waals surface area contributed by atoms with Crippen molar-refractivity contribution < 1.29 is 4.92 Å². The second-order valence-electron chi connectivity index (χ2n) is 4.32. The van der Waals surface area contributed by atoms with E-state index in [4.69, 9.17) is 5.84 Å². The highest BCUT2D eigenvalue weighted by atomic mass is 32.2. The summed E-state index contributed by atoms with van der Waals surface area (Å²) in [5.74, 6) is 6.03. The van der Waals surface area contributed by atoms with Crippen LogP contribution < -0.4 is 11.3 Å². The number of nitrogens with one attached hydrogen (secondary N) is 1. The summed E-state index contributed by atoms with van der Waals surface area (Å²) < 4.78 is 0. The lowest BCUT2D eigenvalue weighted by Crippen LogP contribution is -2.11. The summed E-state index contributed by atoms with van der Waals surface area (Å²) >= 11 is 1.62. The number of para-hydroxylation sites is 1. The molecule has 0 aromatic heterocycles. The number of nitrogens with zero attached hydrogens (tertiary/aromatic N) is 1. The lowest BCUT2D eigenvalue weighted by atomic mass is 10.2. The van der Waals surface area contributed by atoms with Crippen LogP contribution >= 0.6 is 11.8 Å². The molecule has 104 valence electrons. The Bertz CT molecular complexity index is 632. The molecule has 3 N–H and O–H groups in total. The van der Waals surface area contributed by atoms with Crippen LogP contribution in [0.2, 0.25) is 0 Å². The van der Waals surface area contributed by atoms with Crippen molar-refractivity contribution in [3.05, 3.63) is 63.7 Å². The van der Waals surface area contributed by atoms with E-state index in [1.807, 2.05) is 31.2 Å². The Labute approximate surface area is 121 Å². The Kier molecular flexibility index (Phi) is 4.60. The van der Waals surface area contributed by atoms with E-state index in [9.17, 15) is 10.1 Å². The van der Waals surface area contributed by atoms with Crippen LogP contribution in [0.1, 0.15) is 11.1 Å². The minimum Gasteiger partial charge on any atom is -0.318 e. The van der Waals surface area contributed by atoms with Crippen LogP contribution in [0.4, 0.5) is 11.4 Å². The third-order valence-corrected chi connectivity index (χ3v) is 3.90. The van der Waals surface area contributed by atoms with Crippen LogP contribution in [-0.4, -0.2) is 4.92 Å². The summed E-state index contributed by atoms with van der Waals surface area (Å²) in [5.41, 5.74) is 4.81. The third kappa shape index (κ3) is 3.28. The Morgan fingerprint density at radius 3 is 2.70 bits per heavy atom. The maximum absolute atomic E-state index is 11.0. The van der Waals surface area contributed by atoms with Crippen molar-refractivity contribution in [2.45, 2.75) is 17.6 Å². The molecule has 0 bridgehead atoms. The topological polar surface area (TPSA) is 81.2 Å². The number of nitro groups is 1. The van der Waals surface area contributed by atoms with Crippen molar-refractivity contribution in [1.82, 2.24) is 0 Å². The summed E-state index contributed by atoms with van der Waals surface area (Å²) in [7, 11) is 0. The van der Waals surface area contributed by atoms with Crippen molar-refractivity contribution in [3.63, 3.8) is 0 Å². The molecule has 0 aliphatic heterocycles. The normalized spacial score (nSPS) is 10.3. The quantitative estimate of drug-likeness (QED) is 0.381. The van der Waals surface area contributed by atoms with Crippen LogP contribution in [0.25, 0.3) is 0 Å². The highest BCUT2D eigenvalue weighted by molar-refractivity contribution is 7.98. The average Bonchev–Trinajstić information content (AvgIpc) is 2.44. The number of rotatable bonds is 5. The minimum atomic E-state index is -0.434. The first-order chi connectivity index (χ1) is 9.61. The molecule has 0 spiro atoms. The molecule has 20 heavy (non-hydrogen) atoms. The first-order valence-corrected chi connectivity index (χ1v) is 7.02. The Morgan fingerprint density at radius 1 is 1.30 bits per heavy atom. The van der Waals surface area contributed by atoms with E-state index in [-0.39, 0.29) is 5.69 Å². The van der Waals surface area contributed by atoms with Gasteiger partial charge in [-0.25, -0.2) is 0 Å². The van der Waals surface area contributed by atoms with Crippen molar-refractivity contribution >= 4 is 23.1 Å². The molecule has 0 fully saturated rings. The number of hydrazine groups is 1. The van der Waals surface area contributed by atoms with Crippen molar-refractivity contribution in [3.8, 4) is 0 Å². The fourth-order valence-electron chi connectivity index (χ4n) is 1.89. The SMILES string of the molecule is Cc1cccc(SCc2cccc([N+](=O)[O-])c2NN)c1. The summed E-state index contributed by atoms with van der Waals surface area (Å²) in [5, 5.41) is 11.0. The number of hydrogen-bond acceptors (Lipinski definition) is 5. The van der Waals surface area contributed by atoms with E-state index in [1.54, 1.807) is 17.8 Å². The van der Waals surface area contributed by atoms with Gasteiger partial charge in [0.2, 0.25) is 0 Å². The summed E-state index contributed by atoms with van der Waals surface area (Å²) in [6.07, 6.45) is 0. The fraction of sp³-hybridized carbons (Fsp3) is 0.143. The molecule has 0 aliphatic rings. The molecule has 5 nitrogen and oxygen atoms in total. The largest absolute Gasteiger partial charge is 0.318 e. The molecule has 0 amide bonds. The fourth-order valence-corrected chi connectivity index (χ4v) is 2.90. The summed E-state index contributed by atoms with van der Waals surface area (Å²) in [6.45, 7) is 2.03. The van der Waals surface area contributed by atoms with E-state index in [0.29, 0.717) is 11.4 Å². The van der Waals surface area contributed by atoms with Crippen molar-refractivity contribution in [1.29, 1.82) is 0 Å². The molecule has 6 heteroatoms. The van der Waals surface area contributed by atoms with Gasteiger partial charge in [-0.15, -0.1) is 11.8 Å². The number of thioether (sulfide) groups is 1. The van der Waals surface area contributed by atoms with Gasteiger partial charge >= 0.3 is 0 Å². The maximum atomic E-state index is 11.0. The van der Waals surface area contributed by atoms with E-state index in [2.05, 4.69) is 11.5 Å². The first-order valence-electron chi connectivity index (χ1n) is 6.04. The van der Waals surface area contributed by atoms with Crippen molar-refractivity contribution in [2.24, 2.45) is 5.84 Å². The van der Waals surface area contributed by atoms with Gasteiger partial charge in [0.05, 0.1) is 4.92 Å². The first kappa shape index (κ1) is 14.4. The summed E-state index contributed by atoms with van der Waals surface area (Å²) in [4.78, 5) is 11.6. The molecule has 0 atom stereocenters. The average molecular weight is 289 g/mol. The highest BCUT2D eigenvalue weighted by Gasteiger charge is 2.16. The predicted octanol–water partition coefficient (Wildman–Crippen LogP) is 3.48. The number of nitrogens with two attached hydrogens (primary N) is 1. The second kappa shape index (κ2) is 6.40. The molecule has 2 aromatic rings. The molecular weight excluding hydrogens is 274 g/mol. The molecule has 2 rings (SSSR count). The highest BCUT2D eigenvalue weighted by Crippen LogP contribution is 2.32. The van der Waals surface area contributed by atoms with Gasteiger partial charge < -0.3 is 5.43 Å². The molecule has 2 aromatic carbocycles. The third-order valence-electron chi connectivity index (χ3n) is 2.85. The zero-order valence-electron chi connectivity index (χ0n) is 11.0.